The summed E-state index contributed by atoms with van der Waals surface area (Å²) in [4.78, 5) is 12.7. The Bertz CT molecular complexity index is 421. The normalized spacial score (nSPS) is 10.7. The van der Waals surface area contributed by atoms with Crippen LogP contribution in [0.3, 0.4) is 0 Å². The van der Waals surface area contributed by atoms with Crippen LogP contribution in [0.5, 0.6) is 0 Å². The van der Waals surface area contributed by atoms with Gasteiger partial charge in [-0.15, -0.1) is 0 Å². The average Bonchev–Trinajstić information content (AvgIpc) is 2.25. The van der Waals surface area contributed by atoms with E-state index in [-0.39, 0.29) is 12.5 Å². The highest BCUT2D eigenvalue weighted by molar-refractivity contribution is 9.10. The maximum atomic E-state index is 10.9. The summed E-state index contributed by atoms with van der Waals surface area (Å²) < 4.78 is 0.967. The summed E-state index contributed by atoms with van der Waals surface area (Å²) in [7, 11) is 1.84. The van der Waals surface area contributed by atoms with Gasteiger partial charge >= 0.3 is 0 Å². The van der Waals surface area contributed by atoms with Crippen LogP contribution < -0.4 is 16.0 Å². The van der Waals surface area contributed by atoms with Crippen molar-refractivity contribution in [1.29, 1.82) is 0 Å². The molecule has 1 amide bonds. The molecule has 18 heavy (non-hydrogen) atoms. The predicted octanol–water partition coefficient (Wildman–Crippen LogP) is 1.87. The summed E-state index contributed by atoms with van der Waals surface area (Å²) in [6, 6.07) is 6.56. The third kappa shape index (κ3) is 4.66. The standard InChI is InChI=1S/C13H20BrN3O/c1-9(2)16-7-10-4-5-12(11(14)6-10)17(3)8-13(15)18/h4-6,9,16H,7-8H2,1-3H3,(H2,15,18). The van der Waals surface area contributed by atoms with E-state index in [1.807, 2.05) is 24.1 Å². The van der Waals surface area contributed by atoms with Crippen LogP contribution in [0.4, 0.5) is 5.69 Å². The lowest BCUT2D eigenvalue weighted by molar-refractivity contribution is -0.116. The molecular formula is C13H20BrN3O. The number of anilines is 1. The number of likely N-dealkylation sites (N-methyl/N-ethyl adjacent to an activating group) is 1. The maximum absolute atomic E-state index is 10.9. The van der Waals surface area contributed by atoms with Gasteiger partial charge in [-0.25, -0.2) is 0 Å². The van der Waals surface area contributed by atoms with Gasteiger partial charge in [0.1, 0.15) is 0 Å². The van der Waals surface area contributed by atoms with Gasteiger partial charge in [-0.2, -0.15) is 0 Å². The number of carbonyl (C=O) groups is 1. The second-order valence-corrected chi connectivity index (χ2v) is 5.50. The Morgan fingerprint density at radius 3 is 2.67 bits per heavy atom. The fourth-order valence-corrected chi connectivity index (χ4v) is 2.34. The number of carbonyl (C=O) groups excluding carboxylic acids is 1. The molecule has 0 saturated heterocycles. The molecule has 100 valence electrons. The van der Waals surface area contributed by atoms with Crippen molar-refractivity contribution in [2.75, 3.05) is 18.5 Å². The summed E-state index contributed by atoms with van der Waals surface area (Å²) in [5.41, 5.74) is 7.35. The third-order valence-electron chi connectivity index (χ3n) is 2.53. The van der Waals surface area contributed by atoms with Crippen molar-refractivity contribution in [1.82, 2.24) is 5.32 Å². The van der Waals surface area contributed by atoms with Gasteiger partial charge in [-0.3, -0.25) is 4.79 Å². The molecule has 0 aliphatic carbocycles. The molecule has 0 atom stereocenters. The lowest BCUT2D eigenvalue weighted by Gasteiger charge is -2.19. The lowest BCUT2D eigenvalue weighted by atomic mass is 10.2. The first-order valence-corrected chi connectivity index (χ1v) is 6.70. The van der Waals surface area contributed by atoms with Gasteiger partial charge in [-0.1, -0.05) is 19.9 Å². The molecule has 4 nitrogen and oxygen atoms in total. The summed E-state index contributed by atoms with van der Waals surface area (Å²) in [6.07, 6.45) is 0. The summed E-state index contributed by atoms with van der Waals surface area (Å²) in [5.74, 6) is -0.338. The first kappa shape index (κ1) is 15.0. The fraction of sp³-hybridized carbons (Fsp3) is 0.462. The predicted molar refractivity (Wildman–Crippen MR) is 78.6 cm³/mol. The molecular weight excluding hydrogens is 294 g/mol. The number of rotatable bonds is 6. The Hall–Kier alpha value is -1.07. The van der Waals surface area contributed by atoms with Gasteiger partial charge in [-0.05, 0) is 33.6 Å². The smallest absolute Gasteiger partial charge is 0.236 e. The number of nitrogens with one attached hydrogen (secondary N) is 1. The van der Waals surface area contributed by atoms with Crippen molar-refractivity contribution < 1.29 is 4.79 Å². The van der Waals surface area contributed by atoms with E-state index in [2.05, 4.69) is 41.2 Å². The van der Waals surface area contributed by atoms with Crippen molar-refractivity contribution in [3.8, 4) is 0 Å². The number of halogens is 1. The Balaban J connectivity index is 2.75. The van der Waals surface area contributed by atoms with Crippen LogP contribution in [0.25, 0.3) is 0 Å². The molecule has 0 saturated carbocycles. The van der Waals surface area contributed by atoms with Crippen molar-refractivity contribution in [3.05, 3.63) is 28.2 Å². The first-order chi connectivity index (χ1) is 8.40. The Kier molecular flexibility index (Phi) is 5.62. The van der Waals surface area contributed by atoms with Crippen LogP contribution in [0, 0.1) is 0 Å². The van der Waals surface area contributed by atoms with Gasteiger partial charge < -0.3 is 16.0 Å². The number of hydrogen-bond acceptors (Lipinski definition) is 3. The van der Waals surface area contributed by atoms with E-state index in [4.69, 9.17) is 5.73 Å². The van der Waals surface area contributed by atoms with E-state index in [0.717, 1.165) is 16.7 Å². The number of nitrogens with two attached hydrogens (primary N) is 1. The molecule has 1 aromatic rings. The molecule has 1 aromatic carbocycles. The third-order valence-corrected chi connectivity index (χ3v) is 3.17. The molecule has 0 aliphatic heterocycles. The fourth-order valence-electron chi connectivity index (χ4n) is 1.61. The molecule has 0 spiro atoms. The Morgan fingerprint density at radius 2 is 2.17 bits per heavy atom. The average molecular weight is 314 g/mol. The minimum absolute atomic E-state index is 0.211. The number of amides is 1. The van der Waals surface area contributed by atoms with Crippen molar-refractivity contribution in [2.24, 2.45) is 5.73 Å². The van der Waals surface area contributed by atoms with Gasteiger partial charge in [0.15, 0.2) is 0 Å². The molecule has 0 unspecified atom stereocenters. The number of primary amides is 1. The van der Waals surface area contributed by atoms with Crippen LogP contribution in [0.1, 0.15) is 19.4 Å². The van der Waals surface area contributed by atoms with Gasteiger partial charge in [0, 0.05) is 24.1 Å². The highest BCUT2D eigenvalue weighted by atomic mass is 79.9. The molecule has 0 aliphatic rings. The number of benzene rings is 1. The molecule has 0 radical (unpaired) electrons. The monoisotopic (exact) mass is 313 g/mol. The first-order valence-electron chi connectivity index (χ1n) is 5.91. The molecule has 5 heteroatoms. The second kappa shape index (κ2) is 6.75. The molecule has 3 N–H and O–H groups in total. The highest BCUT2D eigenvalue weighted by Gasteiger charge is 2.08. The van der Waals surface area contributed by atoms with Gasteiger partial charge in [0.2, 0.25) is 5.91 Å². The van der Waals surface area contributed by atoms with E-state index in [0.29, 0.717) is 6.04 Å². The van der Waals surface area contributed by atoms with Crippen LogP contribution in [0.2, 0.25) is 0 Å². The number of hydrogen-bond donors (Lipinski definition) is 2. The van der Waals surface area contributed by atoms with E-state index < -0.39 is 0 Å². The minimum Gasteiger partial charge on any atom is -0.368 e. The summed E-state index contributed by atoms with van der Waals surface area (Å²) in [6.45, 7) is 5.27. The topological polar surface area (TPSA) is 58.4 Å². The van der Waals surface area contributed by atoms with Crippen LogP contribution in [0.15, 0.2) is 22.7 Å². The minimum atomic E-state index is -0.338. The van der Waals surface area contributed by atoms with Gasteiger partial charge in [0.25, 0.3) is 0 Å². The van der Waals surface area contributed by atoms with E-state index in [1.165, 1.54) is 5.56 Å². The SMILES string of the molecule is CC(C)NCc1ccc(N(C)CC(N)=O)c(Br)c1. The molecule has 1 rings (SSSR count). The zero-order valence-corrected chi connectivity index (χ0v) is 12.6. The highest BCUT2D eigenvalue weighted by Crippen LogP contribution is 2.26. The van der Waals surface area contributed by atoms with Crippen molar-refractivity contribution in [3.63, 3.8) is 0 Å². The van der Waals surface area contributed by atoms with Crippen LogP contribution >= 0.6 is 15.9 Å². The van der Waals surface area contributed by atoms with Crippen LogP contribution in [-0.2, 0) is 11.3 Å². The zero-order chi connectivity index (χ0) is 13.7. The Morgan fingerprint density at radius 1 is 1.50 bits per heavy atom. The van der Waals surface area contributed by atoms with Crippen molar-refractivity contribution in [2.45, 2.75) is 26.4 Å². The van der Waals surface area contributed by atoms with Crippen molar-refractivity contribution >= 4 is 27.5 Å². The van der Waals surface area contributed by atoms with E-state index >= 15 is 0 Å². The quantitative estimate of drug-likeness (QED) is 0.843. The second-order valence-electron chi connectivity index (χ2n) is 4.64. The Labute approximate surface area is 117 Å². The summed E-state index contributed by atoms with van der Waals surface area (Å²) in [5, 5.41) is 3.36. The zero-order valence-electron chi connectivity index (χ0n) is 11.0. The molecule has 0 heterocycles. The largest absolute Gasteiger partial charge is 0.368 e. The summed E-state index contributed by atoms with van der Waals surface area (Å²) >= 11 is 3.52. The van der Waals surface area contributed by atoms with Crippen LogP contribution in [-0.4, -0.2) is 25.5 Å². The van der Waals surface area contributed by atoms with E-state index in [1.54, 1.807) is 0 Å². The number of nitrogens with zero attached hydrogens (tertiary/aromatic N) is 1. The maximum Gasteiger partial charge on any atom is 0.236 e. The lowest BCUT2D eigenvalue weighted by Crippen LogP contribution is -2.30. The molecule has 0 bridgehead atoms. The van der Waals surface area contributed by atoms with Gasteiger partial charge in [0.05, 0.1) is 12.2 Å². The molecule has 0 aromatic heterocycles. The molecule has 0 fully saturated rings. The van der Waals surface area contributed by atoms with E-state index in [9.17, 15) is 4.79 Å².